The number of nitrogens with two attached hydrogens (primary N) is 1. The van der Waals surface area contributed by atoms with Gasteiger partial charge in [0.05, 0.1) is 11.1 Å². The highest BCUT2D eigenvalue weighted by Crippen LogP contribution is 2.39. The summed E-state index contributed by atoms with van der Waals surface area (Å²) in [6.07, 6.45) is 1.79. The number of aliphatic hydroxyl groups is 1. The van der Waals surface area contributed by atoms with Gasteiger partial charge in [0.15, 0.2) is 0 Å². The summed E-state index contributed by atoms with van der Waals surface area (Å²) in [5, 5.41) is 10.4. The van der Waals surface area contributed by atoms with Gasteiger partial charge in [0, 0.05) is 18.8 Å². The summed E-state index contributed by atoms with van der Waals surface area (Å²) in [4.78, 5) is 2.16. The van der Waals surface area contributed by atoms with Gasteiger partial charge < -0.3 is 15.7 Å². The smallest absolute Gasteiger partial charge is 0.0972 e. The molecule has 2 atom stereocenters. The van der Waals surface area contributed by atoms with Gasteiger partial charge in [0.2, 0.25) is 0 Å². The first-order valence-electron chi connectivity index (χ1n) is 4.83. The predicted molar refractivity (Wildman–Crippen MR) is 55.9 cm³/mol. The Morgan fingerprint density at radius 3 is 2.69 bits per heavy atom. The molecule has 2 unspecified atom stereocenters. The molecule has 0 bridgehead atoms. The molecule has 0 saturated carbocycles. The zero-order valence-electron chi connectivity index (χ0n) is 8.12. The van der Waals surface area contributed by atoms with Crippen LogP contribution in [0.25, 0.3) is 0 Å². The number of thioether (sulfide) groups is 1. The van der Waals surface area contributed by atoms with Crippen molar-refractivity contribution < 1.29 is 5.11 Å². The third-order valence-corrected chi connectivity index (χ3v) is 4.63. The van der Waals surface area contributed by atoms with E-state index >= 15 is 0 Å². The number of likely N-dealkylation sites (tertiary alicyclic amines) is 1. The molecule has 0 aromatic carbocycles. The fourth-order valence-corrected chi connectivity index (χ4v) is 3.76. The lowest BCUT2D eigenvalue weighted by atomic mass is 9.79. The molecule has 0 amide bonds. The van der Waals surface area contributed by atoms with Crippen LogP contribution < -0.4 is 5.73 Å². The number of hydrogen-bond donors (Lipinski definition) is 2. The molecular weight excluding hydrogens is 184 g/mol. The highest BCUT2D eigenvalue weighted by Gasteiger charge is 2.52. The lowest BCUT2D eigenvalue weighted by Crippen LogP contribution is -2.62. The third kappa shape index (κ3) is 1.50. The summed E-state index contributed by atoms with van der Waals surface area (Å²) in [5.41, 5.74) is 5.30. The van der Waals surface area contributed by atoms with Gasteiger partial charge in [0.25, 0.3) is 0 Å². The standard InChI is InChI=1S/C9H18N2OS/c1-11-4-2-9(12,6-11)8(10)3-5-13-7-8/h12H,2-7,10H2,1H3. The number of likely N-dealkylation sites (N-methyl/N-ethyl adjacent to an activating group) is 1. The SMILES string of the molecule is CN1CCC(O)(C2(N)CCSC2)C1. The number of nitrogens with zero attached hydrogens (tertiary/aromatic N) is 1. The van der Waals surface area contributed by atoms with Crippen LogP contribution in [0, 0.1) is 0 Å². The minimum absolute atomic E-state index is 0.331. The largest absolute Gasteiger partial charge is 0.387 e. The molecule has 0 radical (unpaired) electrons. The van der Waals surface area contributed by atoms with Gasteiger partial charge in [-0.25, -0.2) is 0 Å². The van der Waals surface area contributed by atoms with Crippen molar-refractivity contribution in [2.24, 2.45) is 5.73 Å². The van der Waals surface area contributed by atoms with Crippen molar-refractivity contribution >= 4 is 11.8 Å². The van der Waals surface area contributed by atoms with E-state index in [0.29, 0.717) is 0 Å². The summed E-state index contributed by atoms with van der Waals surface area (Å²) in [6.45, 7) is 1.71. The van der Waals surface area contributed by atoms with Crippen molar-refractivity contribution in [3.05, 3.63) is 0 Å². The highest BCUT2D eigenvalue weighted by atomic mass is 32.2. The molecule has 3 N–H and O–H groups in total. The molecule has 2 heterocycles. The zero-order valence-corrected chi connectivity index (χ0v) is 8.94. The van der Waals surface area contributed by atoms with E-state index in [1.807, 2.05) is 18.8 Å². The Morgan fingerprint density at radius 2 is 2.23 bits per heavy atom. The lowest BCUT2D eigenvalue weighted by molar-refractivity contribution is -0.0143. The highest BCUT2D eigenvalue weighted by molar-refractivity contribution is 7.99. The van der Waals surface area contributed by atoms with Crippen molar-refractivity contribution in [3.8, 4) is 0 Å². The Hall–Kier alpha value is 0.230. The Balaban J connectivity index is 2.14. The van der Waals surface area contributed by atoms with Crippen molar-refractivity contribution in [2.75, 3.05) is 31.6 Å². The Bertz CT molecular complexity index is 206. The van der Waals surface area contributed by atoms with Crippen LogP contribution in [0.5, 0.6) is 0 Å². The van der Waals surface area contributed by atoms with Crippen LogP contribution in [0.15, 0.2) is 0 Å². The van der Waals surface area contributed by atoms with Crippen LogP contribution >= 0.6 is 11.8 Å². The Labute approximate surface area is 83.7 Å². The van der Waals surface area contributed by atoms with E-state index < -0.39 is 5.60 Å². The Morgan fingerprint density at radius 1 is 1.46 bits per heavy atom. The van der Waals surface area contributed by atoms with E-state index in [-0.39, 0.29) is 5.54 Å². The minimum Gasteiger partial charge on any atom is -0.387 e. The first-order valence-corrected chi connectivity index (χ1v) is 5.99. The van der Waals surface area contributed by atoms with Crippen LogP contribution in [0.3, 0.4) is 0 Å². The van der Waals surface area contributed by atoms with Crippen LogP contribution in [0.2, 0.25) is 0 Å². The van der Waals surface area contributed by atoms with Crippen molar-refractivity contribution in [1.82, 2.24) is 4.90 Å². The normalized spacial score (nSPS) is 47.3. The maximum Gasteiger partial charge on any atom is 0.0972 e. The van der Waals surface area contributed by atoms with E-state index in [1.165, 1.54) is 0 Å². The van der Waals surface area contributed by atoms with Gasteiger partial charge in [-0.2, -0.15) is 11.8 Å². The molecule has 3 nitrogen and oxygen atoms in total. The number of hydrogen-bond acceptors (Lipinski definition) is 4. The average Bonchev–Trinajstić information content (AvgIpc) is 2.61. The van der Waals surface area contributed by atoms with Gasteiger partial charge in [-0.3, -0.25) is 0 Å². The van der Waals surface area contributed by atoms with Crippen LogP contribution in [-0.2, 0) is 0 Å². The summed E-state index contributed by atoms with van der Waals surface area (Å²) in [7, 11) is 2.05. The van der Waals surface area contributed by atoms with Gasteiger partial charge in [-0.05, 0) is 25.6 Å². The topological polar surface area (TPSA) is 49.5 Å². The first kappa shape index (κ1) is 9.77. The molecule has 4 heteroatoms. The molecule has 2 saturated heterocycles. The maximum absolute atomic E-state index is 10.4. The van der Waals surface area contributed by atoms with E-state index in [1.54, 1.807) is 0 Å². The van der Waals surface area contributed by atoms with Crippen LogP contribution in [0.4, 0.5) is 0 Å². The lowest BCUT2D eigenvalue weighted by Gasteiger charge is -2.38. The fourth-order valence-electron chi connectivity index (χ4n) is 2.33. The second-order valence-electron chi connectivity index (χ2n) is 4.48. The molecule has 2 aliphatic heterocycles. The molecule has 13 heavy (non-hydrogen) atoms. The average molecular weight is 202 g/mol. The first-order chi connectivity index (χ1) is 6.06. The second-order valence-corrected chi connectivity index (χ2v) is 5.58. The quantitative estimate of drug-likeness (QED) is 0.623. The molecule has 2 aliphatic rings. The van der Waals surface area contributed by atoms with Gasteiger partial charge in [-0.1, -0.05) is 0 Å². The summed E-state index contributed by atoms with van der Waals surface area (Å²) in [6, 6.07) is 0. The molecule has 2 fully saturated rings. The molecule has 2 rings (SSSR count). The van der Waals surface area contributed by atoms with E-state index in [9.17, 15) is 5.11 Å². The molecule has 0 aromatic heterocycles. The van der Waals surface area contributed by atoms with Gasteiger partial charge in [-0.15, -0.1) is 0 Å². The third-order valence-electron chi connectivity index (χ3n) is 3.42. The monoisotopic (exact) mass is 202 g/mol. The number of rotatable bonds is 1. The van der Waals surface area contributed by atoms with Crippen molar-refractivity contribution in [2.45, 2.75) is 24.0 Å². The molecule has 0 aliphatic carbocycles. The molecule has 0 spiro atoms. The van der Waals surface area contributed by atoms with E-state index in [0.717, 1.165) is 37.4 Å². The van der Waals surface area contributed by atoms with Crippen molar-refractivity contribution in [1.29, 1.82) is 0 Å². The summed E-state index contributed by atoms with van der Waals surface area (Å²) >= 11 is 1.86. The molecule has 0 aromatic rings. The van der Waals surface area contributed by atoms with Crippen LogP contribution in [0.1, 0.15) is 12.8 Å². The minimum atomic E-state index is -0.634. The van der Waals surface area contributed by atoms with Gasteiger partial charge in [0.1, 0.15) is 0 Å². The van der Waals surface area contributed by atoms with E-state index in [2.05, 4.69) is 4.90 Å². The fraction of sp³-hybridized carbons (Fsp3) is 1.00. The summed E-state index contributed by atoms with van der Waals surface area (Å²) in [5.74, 6) is 2.01. The summed E-state index contributed by atoms with van der Waals surface area (Å²) < 4.78 is 0. The second kappa shape index (κ2) is 3.12. The van der Waals surface area contributed by atoms with Crippen LogP contribution in [-0.4, -0.2) is 52.8 Å². The Kier molecular flexibility index (Phi) is 2.35. The van der Waals surface area contributed by atoms with Gasteiger partial charge >= 0.3 is 0 Å². The zero-order chi connectivity index (χ0) is 9.53. The van der Waals surface area contributed by atoms with E-state index in [4.69, 9.17) is 5.73 Å². The molecular formula is C9H18N2OS. The van der Waals surface area contributed by atoms with Crippen molar-refractivity contribution in [3.63, 3.8) is 0 Å². The number of β-amino-alcohol motifs (C(OH)–C–C–N with tert-alkyl or cyclic N) is 1. The molecule has 76 valence electrons. The predicted octanol–water partition coefficient (Wildman–Crippen LogP) is -0.113. The maximum atomic E-state index is 10.4.